The summed E-state index contributed by atoms with van der Waals surface area (Å²) in [5.74, 6) is 0.267. The van der Waals surface area contributed by atoms with Crippen LogP contribution in [-0.2, 0) is 23.0 Å². The Hall–Kier alpha value is -3.06. The maximum atomic E-state index is 13.3. The summed E-state index contributed by atoms with van der Waals surface area (Å²) < 4.78 is 33.3. The van der Waals surface area contributed by atoms with Crippen LogP contribution in [0.5, 0.6) is 0 Å². The minimum Gasteiger partial charge on any atom is -0.467 e. The highest BCUT2D eigenvalue weighted by Gasteiger charge is 2.36. The highest BCUT2D eigenvalue weighted by Crippen LogP contribution is 2.36. The second-order valence-electron chi connectivity index (χ2n) is 6.77. The van der Waals surface area contributed by atoms with Crippen molar-refractivity contribution in [3.05, 3.63) is 83.8 Å². The lowest BCUT2D eigenvalue weighted by Crippen LogP contribution is -2.35. The van der Waals surface area contributed by atoms with Crippen molar-refractivity contribution in [1.29, 1.82) is 0 Å². The molecule has 1 aromatic heterocycles. The first kappa shape index (κ1) is 18.3. The lowest BCUT2D eigenvalue weighted by atomic mass is 10.1. The number of carbonyl (C=O) groups excluding carboxylic acids is 1. The third kappa shape index (κ3) is 3.29. The van der Waals surface area contributed by atoms with Crippen molar-refractivity contribution in [2.24, 2.45) is 0 Å². The molecule has 0 radical (unpaired) electrons. The molecular weight excluding hydrogens is 376 g/mol. The van der Waals surface area contributed by atoms with Crippen LogP contribution in [0.4, 0.5) is 5.69 Å². The second-order valence-corrected chi connectivity index (χ2v) is 8.59. The Morgan fingerprint density at radius 2 is 1.96 bits per heavy atom. The van der Waals surface area contributed by atoms with E-state index in [4.69, 9.17) is 4.42 Å². The summed E-state index contributed by atoms with van der Waals surface area (Å²) in [5.41, 5.74) is 1.99. The van der Waals surface area contributed by atoms with Crippen LogP contribution in [0, 0.1) is 0 Å². The Kier molecular flexibility index (Phi) is 4.68. The number of fused-ring (bicyclic) bond motifs is 1. The molecule has 1 N–H and O–H groups in total. The van der Waals surface area contributed by atoms with Gasteiger partial charge in [0, 0.05) is 11.6 Å². The average molecular weight is 396 g/mol. The first-order chi connectivity index (χ1) is 13.5. The largest absolute Gasteiger partial charge is 0.467 e. The van der Waals surface area contributed by atoms with E-state index in [1.807, 2.05) is 31.2 Å². The number of furan rings is 1. The fourth-order valence-electron chi connectivity index (χ4n) is 3.50. The maximum absolute atomic E-state index is 13.3. The zero-order chi connectivity index (χ0) is 19.7. The normalized spacial score (nSPS) is 16.0. The Morgan fingerprint density at radius 1 is 1.14 bits per heavy atom. The number of hydrogen-bond acceptors (Lipinski definition) is 4. The molecule has 1 atom stereocenters. The summed E-state index contributed by atoms with van der Waals surface area (Å²) in [7, 11) is -3.78. The minimum absolute atomic E-state index is 0.0988. The third-order valence-corrected chi connectivity index (χ3v) is 6.73. The van der Waals surface area contributed by atoms with E-state index >= 15 is 0 Å². The number of anilines is 1. The molecule has 6 nitrogen and oxygen atoms in total. The number of benzene rings is 2. The van der Waals surface area contributed by atoms with Gasteiger partial charge < -0.3 is 9.73 Å². The molecule has 0 fully saturated rings. The van der Waals surface area contributed by atoms with E-state index in [1.165, 1.54) is 22.7 Å². The molecular formula is C21H20N2O4S. The van der Waals surface area contributed by atoms with Crippen molar-refractivity contribution in [1.82, 2.24) is 5.32 Å². The topological polar surface area (TPSA) is 79.6 Å². The summed E-state index contributed by atoms with van der Waals surface area (Å²) in [6, 6.07) is 16.9. The van der Waals surface area contributed by atoms with E-state index in [9.17, 15) is 13.2 Å². The fourth-order valence-corrected chi connectivity index (χ4v) is 5.24. The van der Waals surface area contributed by atoms with Crippen LogP contribution in [0.1, 0.15) is 28.6 Å². The van der Waals surface area contributed by atoms with Gasteiger partial charge in [-0.1, -0.05) is 24.3 Å². The van der Waals surface area contributed by atoms with E-state index in [0.717, 1.165) is 5.56 Å². The number of para-hydroxylation sites is 1. The standard InChI is InChI=1S/C21H20N2O4S/c1-15-12-16-6-2-3-10-20(16)23(15)28(25,26)19-9-4-7-17(13-19)21(24)22-14-18-8-5-11-27-18/h2-11,13,15H,12,14H2,1H3,(H,22,24)/t15-/m1/s1. The van der Waals surface area contributed by atoms with Crippen LogP contribution in [0.25, 0.3) is 0 Å². The van der Waals surface area contributed by atoms with Gasteiger partial charge in [-0.2, -0.15) is 0 Å². The number of amides is 1. The molecule has 144 valence electrons. The quantitative estimate of drug-likeness (QED) is 0.717. The predicted octanol–water partition coefficient (Wildman–Crippen LogP) is 3.35. The Balaban J connectivity index is 1.61. The van der Waals surface area contributed by atoms with Gasteiger partial charge in [-0.15, -0.1) is 0 Å². The Labute approximate surface area is 163 Å². The molecule has 4 rings (SSSR count). The SMILES string of the molecule is C[C@@H]1Cc2ccccc2N1S(=O)(=O)c1cccc(C(=O)NCc2ccco2)c1. The lowest BCUT2D eigenvalue weighted by Gasteiger charge is -2.24. The van der Waals surface area contributed by atoms with E-state index < -0.39 is 10.0 Å². The van der Waals surface area contributed by atoms with Crippen molar-refractivity contribution < 1.29 is 17.6 Å². The van der Waals surface area contributed by atoms with Crippen LogP contribution >= 0.6 is 0 Å². The second kappa shape index (κ2) is 7.16. The summed E-state index contributed by atoms with van der Waals surface area (Å²) in [6.07, 6.45) is 2.20. The molecule has 0 bridgehead atoms. The number of carbonyl (C=O) groups is 1. The number of nitrogens with one attached hydrogen (secondary N) is 1. The molecule has 0 spiro atoms. The van der Waals surface area contributed by atoms with E-state index in [1.54, 1.807) is 24.3 Å². The molecule has 0 unspecified atom stereocenters. The highest BCUT2D eigenvalue weighted by atomic mass is 32.2. The van der Waals surface area contributed by atoms with Gasteiger partial charge in [-0.3, -0.25) is 9.10 Å². The summed E-state index contributed by atoms with van der Waals surface area (Å²) in [4.78, 5) is 12.5. The molecule has 2 heterocycles. The van der Waals surface area contributed by atoms with Crippen molar-refractivity contribution in [3.63, 3.8) is 0 Å². The molecule has 28 heavy (non-hydrogen) atoms. The third-order valence-electron chi connectivity index (χ3n) is 4.80. The predicted molar refractivity (Wildman–Crippen MR) is 106 cm³/mol. The first-order valence-electron chi connectivity index (χ1n) is 9.00. The molecule has 1 aliphatic heterocycles. The molecule has 0 aliphatic carbocycles. The monoisotopic (exact) mass is 396 g/mol. The Bertz CT molecular complexity index is 1110. The summed E-state index contributed by atoms with van der Waals surface area (Å²) >= 11 is 0. The smallest absolute Gasteiger partial charge is 0.264 e. The minimum atomic E-state index is -3.78. The molecule has 7 heteroatoms. The molecule has 3 aromatic rings. The highest BCUT2D eigenvalue weighted by molar-refractivity contribution is 7.92. The van der Waals surface area contributed by atoms with Crippen molar-refractivity contribution in [2.75, 3.05) is 4.31 Å². The molecule has 2 aromatic carbocycles. The molecule has 0 saturated carbocycles. The van der Waals surface area contributed by atoms with Crippen molar-refractivity contribution in [2.45, 2.75) is 30.8 Å². The lowest BCUT2D eigenvalue weighted by molar-refractivity contribution is 0.0948. The zero-order valence-electron chi connectivity index (χ0n) is 15.3. The van der Waals surface area contributed by atoms with E-state index in [2.05, 4.69) is 5.32 Å². The van der Waals surface area contributed by atoms with Crippen LogP contribution in [0.15, 0.2) is 76.2 Å². The van der Waals surface area contributed by atoms with E-state index in [-0.39, 0.29) is 29.0 Å². The van der Waals surface area contributed by atoms with E-state index in [0.29, 0.717) is 17.9 Å². The van der Waals surface area contributed by atoms with Crippen LogP contribution < -0.4 is 9.62 Å². The summed E-state index contributed by atoms with van der Waals surface area (Å²) in [5, 5.41) is 2.73. The number of nitrogens with zero attached hydrogens (tertiary/aromatic N) is 1. The van der Waals surface area contributed by atoms with Gasteiger partial charge in [0.25, 0.3) is 15.9 Å². The number of hydrogen-bond donors (Lipinski definition) is 1. The number of rotatable bonds is 5. The number of sulfonamides is 1. The van der Waals surface area contributed by atoms with Gasteiger partial charge in [-0.05, 0) is 55.3 Å². The van der Waals surface area contributed by atoms with Crippen molar-refractivity contribution in [3.8, 4) is 0 Å². The Morgan fingerprint density at radius 3 is 2.75 bits per heavy atom. The fraction of sp³-hybridized carbons (Fsp3) is 0.190. The van der Waals surface area contributed by atoms with Crippen molar-refractivity contribution >= 4 is 21.6 Å². The average Bonchev–Trinajstić information content (AvgIpc) is 3.32. The summed E-state index contributed by atoms with van der Waals surface area (Å²) in [6.45, 7) is 2.12. The van der Waals surface area contributed by atoms with Gasteiger partial charge in [-0.25, -0.2) is 8.42 Å². The first-order valence-corrected chi connectivity index (χ1v) is 10.4. The van der Waals surface area contributed by atoms with Crippen LogP contribution in [-0.4, -0.2) is 20.4 Å². The molecule has 0 saturated heterocycles. The van der Waals surface area contributed by atoms with Gasteiger partial charge >= 0.3 is 0 Å². The van der Waals surface area contributed by atoms with Gasteiger partial charge in [0.2, 0.25) is 0 Å². The van der Waals surface area contributed by atoms with Gasteiger partial charge in [0.15, 0.2) is 0 Å². The van der Waals surface area contributed by atoms with Gasteiger partial charge in [0.05, 0.1) is 23.4 Å². The molecule has 1 aliphatic rings. The zero-order valence-corrected chi connectivity index (χ0v) is 16.1. The van der Waals surface area contributed by atoms with Crippen LogP contribution in [0.2, 0.25) is 0 Å². The maximum Gasteiger partial charge on any atom is 0.264 e. The van der Waals surface area contributed by atoms with Gasteiger partial charge in [0.1, 0.15) is 5.76 Å². The van der Waals surface area contributed by atoms with Crippen LogP contribution in [0.3, 0.4) is 0 Å². The molecule has 1 amide bonds.